The molecular weight excluding hydrogens is 348 g/mol. The van der Waals surface area contributed by atoms with Crippen molar-refractivity contribution in [2.24, 2.45) is 0 Å². The second-order valence-electron chi connectivity index (χ2n) is 5.98. The predicted molar refractivity (Wildman–Crippen MR) is 105 cm³/mol. The normalized spacial score (nSPS) is 10.4. The topological polar surface area (TPSA) is 66.9 Å². The highest BCUT2D eigenvalue weighted by molar-refractivity contribution is 6.31. The van der Waals surface area contributed by atoms with E-state index in [-0.39, 0.29) is 11.6 Å². The zero-order valence-corrected chi connectivity index (χ0v) is 15.3. The third kappa shape index (κ3) is 4.37. The van der Waals surface area contributed by atoms with Crippen LogP contribution in [0.1, 0.15) is 27.2 Å². The smallest absolute Gasteiger partial charge is 0.274 e. The zero-order chi connectivity index (χ0) is 18.5. The number of hydrogen-bond acceptors (Lipinski definition) is 4. The van der Waals surface area contributed by atoms with E-state index in [2.05, 4.69) is 39.7 Å². The Kier molecular flexibility index (Phi) is 5.49. The molecule has 1 heterocycles. The first-order valence-corrected chi connectivity index (χ1v) is 8.58. The van der Waals surface area contributed by atoms with Gasteiger partial charge in [-0.1, -0.05) is 41.9 Å². The molecule has 0 aliphatic rings. The van der Waals surface area contributed by atoms with Gasteiger partial charge in [-0.15, -0.1) is 0 Å². The number of amides is 1. The maximum absolute atomic E-state index is 12.5. The van der Waals surface area contributed by atoms with Gasteiger partial charge in [0.1, 0.15) is 17.8 Å². The summed E-state index contributed by atoms with van der Waals surface area (Å²) < 4.78 is 0. The second-order valence-corrected chi connectivity index (χ2v) is 6.42. The molecule has 0 atom stereocenters. The van der Waals surface area contributed by atoms with Crippen LogP contribution in [0.25, 0.3) is 0 Å². The molecule has 0 bridgehead atoms. The summed E-state index contributed by atoms with van der Waals surface area (Å²) >= 11 is 6.00. The van der Waals surface area contributed by atoms with E-state index in [1.165, 1.54) is 17.5 Å². The van der Waals surface area contributed by atoms with Crippen molar-refractivity contribution in [3.8, 4) is 0 Å². The van der Waals surface area contributed by atoms with Gasteiger partial charge in [-0.2, -0.15) is 0 Å². The summed E-state index contributed by atoms with van der Waals surface area (Å²) in [4.78, 5) is 20.7. The van der Waals surface area contributed by atoms with Crippen molar-refractivity contribution in [2.45, 2.75) is 20.4 Å². The minimum atomic E-state index is -0.309. The fourth-order valence-corrected chi connectivity index (χ4v) is 2.66. The summed E-state index contributed by atoms with van der Waals surface area (Å²) in [5.41, 5.74) is 4.24. The largest absolute Gasteiger partial charge is 0.366 e. The molecule has 5 nitrogen and oxygen atoms in total. The van der Waals surface area contributed by atoms with Crippen LogP contribution in [0.5, 0.6) is 0 Å². The number of hydrogen-bond donors (Lipinski definition) is 2. The van der Waals surface area contributed by atoms with Gasteiger partial charge in [-0.05, 0) is 42.7 Å². The molecule has 3 aromatic rings. The zero-order valence-electron chi connectivity index (χ0n) is 14.6. The Hall–Kier alpha value is -2.92. The van der Waals surface area contributed by atoms with E-state index in [0.717, 1.165) is 5.56 Å². The average molecular weight is 367 g/mol. The van der Waals surface area contributed by atoms with Crippen LogP contribution in [-0.2, 0) is 6.54 Å². The lowest BCUT2D eigenvalue weighted by Gasteiger charge is -2.10. The number of halogens is 1. The summed E-state index contributed by atoms with van der Waals surface area (Å²) in [6.45, 7) is 4.59. The molecule has 0 fully saturated rings. The van der Waals surface area contributed by atoms with Gasteiger partial charge in [0.2, 0.25) is 0 Å². The fraction of sp³-hybridized carbons (Fsp3) is 0.150. The van der Waals surface area contributed by atoms with Crippen LogP contribution < -0.4 is 10.6 Å². The lowest BCUT2D eigenvalue weighted by Crippen LogP contribution is -2.15. The summed E-state index contributed by atoms with van der Waals surface area (Å²) in [7, 11) is 0. The van der Waals surface area contributed by atoms with E-state index in [4.69, 9.17) is 11.6 Å². The van der Waals surface area contributed by atoms with Crippen molar-refractivity contribution in [1.29, 1.82) is 0 Å². The number of rotatable bonds is 5. The number of aromatic nitrogens is 2. The third-order valence-electron chi connectivity index (χ3n) is 4.07. The summed E-state index contributed by atoms with van der Waals surface area (Å²) in [6.07, 6.45) is 1.37. The van der Waals surface area contributed by atoms with Crippen molar-refractivity contribution in [3.05, 3.63) is 82.3 Å². The Balaban J connectivity index is 1.71. The summed E-state index contributed by atoms with van der Waals surface area (Å²) in [6, 6.07) is 15.1. The van der Waals surface area contributed by atoms with Gasteiger partial charge >= 0.3 is 0 Å². The molecule has 0 radical (unpaired) electrons. The molecule has 3 rings (SSSR count). The molecule has 2 N–H and O–H groups in total. The van der Waals surface area contributed by atoms with E-state index < -0.39 is 0 Å². The van der Waals surface area contributed by atoms with Crippen molar-refractivity contribution >= 4 is 29.0 Å². The Labute approximate surface area is 157 Å². The Morgan fingerprint density at radius 2 is 1.85 bits per heavy atom. The van der Waals surface area contributed by atoms with Crippen LogP contribution in [0.3, 0.4) is 0 Å². The van der Waals surface area contributed by atoms with Crippen LogP contribution in [0, 0.1) is 13.8 Å². The highest BCUT2D eigenvalue weighted by atomic mass is 35.5. The first-order chi connectivity index (χ1) is 12.5. The van der Waals surface area contributed by atoms with Crippen LogP contribution in [-0.4, -0.2) is 15.9 Å². The average Bonchev–Trinajstić information content (AvgIpc) is 2.64. The number of nitrogens with zero attached hydrogens (tertiary/aromatic N) is 2. The van der Waals surface area contributed by atoms with E-state index in [0.29, 0.717) is 23.1 Å². The Bertz CT molecular complexity index is 943. The summed E-state index contributed by atoms with van der Waals surface area (Å²) in [5.74, 6) is 0.285. The molecule has 0 saturated heterocycles. The van der Waals surface area contributed by atoms with E-state index in [1.54, 1.807) is 18.2 Å². The monoisotopic (exact) mass is 366 g/mol. The molecule has 0 spiro atoms. The molecule has 1 aromatic heterocycles. The third-order valence-corrected chi connectivity index (χ3v) is 4.30. The molecule has 0 aliphatic heterocycles. The Morgan fingerprint density at radius 3 is 2.65 bits per heavy atom. The minimum Gasteiger partial charge on any atom is -0.366 e. The fourth-order valence-electron chi connectivity index (χ4n) is 2.49. The predicted octanol–water partition coefficient (Wildman–Crippen LogP) is 4.61. The van der Waals surface area contributed by atoms with Gasteiger partial charge < -0.3 is 10.6 Å². The highest BCUT2D eigenvalue weighted by Gasteiger charge is 2.11. The number of anilines is 2. The number of nitrogens with one attached hydrogen (secondary N) is 2. The maximum Gasteiger partial charge on any atom is 0.274 e. The lowest BCUT2D eigenvalue weighted by molar-refractivity contribution is 0.102. The molecule has 0 unspecified atom stereocenters. The minimum absolute atomic E-state index is 0.284. The molecule has 2 aromatic carbocycles. The number of aryl methyl sites for hydroxylation is 2. The van der Waals surface area contributed by atoms with Crippen LogP contribution in [0.15, 0.2) is 54.9 Å². The Morgan fingerprint density at radius 1 is 1.04 bits per heavy atom. The van der Waals surface area contributed by atoms with Gasteiger partial charge in [0.25, 0.3) is 5.91 Å². The van der Waals surface area contributed by atoms with Crippen molar-refractivity contribution in [2.75, 3.05) is 10.6 Å². The van der Waals surface area contributed by atoms with E-state index in [1.807, 2.05) is 25.1 Å². The highest BCUT2D eigenvalue weighted by Crippen LogP contribution is 2.21. The lowest BCUT2D eigenvalue weighted by atomic mass is 10.1. The standard InChI is InChI=1S/C20H19ClN4O/c1-13-5-3-4-6-15(13)11-22-19-10-18(23-12-24-19)20(26)25-17-9-16(21)8-7-14(17)2/h3-10,12H,11H2,1-2H3,(H,25,26)(H,22,23,24). The number of benzene rings is 2. The summed E-state index contributed by atoms with van der Waals surface area (Å²) in [5, 5.41) is 6.63. The molecule has 1 amide bonds. The van der Waals surface area contributed by atoms with Gasteiger partial charge in [-0.25, -0.2) is 9.97 Å². The van der Waals surface area contributed by atoms with Crippen LogP contribution >= 0.6 is 11.6 Å². The SMILES string of the molecule is Cc1ccccc1CNc1cc(C(=O)Nc2cc(Cl)ccc2C)ncn1. The van der Waals surface area contributed by atoms with Crippen molar-refractivity contribution in [1.82, 2.24) is 9.97 Å². The van der Waals surface area contributed by atoms with Gasteiger partial charge in [0.05, 0.1) is 0 Å². The van der Waals surface area contributed by atoms with Crippen LogP contribution in [0.2, 0.25) is 5.02 Å². The van der Waals surface area contributed by atoms with E-state index in [9.17, 15) is 4.79 Å². The van der Waals surface area contributed by atoms with Gasteiger partial charge in [0.15, 0.2) is 0 Å². The molecular formula is C20H19ClN4O. The maximum atomic E-state index is 12.5. The molecule has 6 heteroatoms. The van der Waals surface area contributed by atoms with Crippen LogP contribution in [0.4, 0.5) is 11.5 Å². The molecule has 26 heavy (non-hydrogen) atoms. The quantitative estimate of drug-likeness (QED) is 0.691. The van der Waals surface area contributed by atoms with E-state index >= 15 is 0 Å². The molecule has 0 aliphatic carbocycles. The van der Waals surface area contributed by atoms with Gasteiger partial charge in [0, 0.05) is 23.3 Å². The number of carbonyl (C=O) groups is 1. The first-order valence-electron chi connectivity index (χ1n) is 8.21. The molecule has 132 valence electrons. The second kappa shape index (κ2) is 7.97. The van der Waals surface area contributed by atoms with Gasteiger partial charge in [-0.3, -0.25) is 4.79 Å². The molecule has 0 saturated carbocycles. The number of carbonyl (C=O) groups excluding carboxylic acids is 1. The first kappa shape index (κ1) is 17.9. The van der Waals surface area contributed by atoms with Crippen molar-refractivity contribution < 1.29 is 4.79 Å². The van der Waals surface area contributed by atoms with Crippen molar-refractivity contribution in [3.63, 3.8) is 0 Å².